The summed E-state index contributed by atoms with van der Waals surface area (Å²) >= 11 is 0. The Labute approximate surface area is 536 Å². The molecule has 2 radical (unpaired) electrons. The predicted octanol–water partition coefficient (Wildman–Crippen LogP) is 13.1. The maximum absolute atomic E-state index is 13.6. The maximum atomic E-state index is 13.6. The third-order valence-corrected chi connectivity index (χ3v) is 23.8. The van der Waals surface area contributed by atoms with E-state index in [0.717, 1.165) is 23.7 Å². The first kappa shape index (κ1) is 76.3. The van der Waals surface area contributed by atoms with Gasteiger partial charge in [-0.05, 0) is 138 Å². The van der Waals surface area contributed by atoms with E-state index >= 15 is 0 Å². The molecule has 0 saturated heterocycles. The molecule has 0 amide bonds. The minimum absolute atomic E-state index is 0. The number of halogens is 6. The van der Waals surface area contributed by atoms with E-state index in [4.69, 9.17) is 25.9 Å². The van der Waals surface area contributed by atoms with E-state index in [-0.39, 0.29) is 48.4 Å². The zero-order chi connectivity index (χ0) is 61.9. The molecule has 0 saturated carbocycles. The second-order valence-electron chi connectivity index (χ2n) is 21.4. The summed E-state index contributed by atoms with van der Waals surface area (Å²) < 4.78 is 149. The average Bonchev–Trinajstić information content (AvgIpc) is 2.83. The summed E-state index contributed by atoms with van der Waals surface area (Å²) in [4.78, 5) is 0. The van der Waals surface area contributed by atoms with Crippen LogP contribution in [0.4, 0.5) is 26.3 Å². The summed E-state index contributed by atoms with van der Waals surface area (Å²) in [7, 11) is -17.2. The molecule has 4 aliphatic carbocycles. The quantitative estimate of drug-likeness (QED) is 0.0293. The van der Waals surface area contributed by atoms with Gasteiger partial charge in [0.2, 0.25) is 0 Å². The normalized spacial score (nSPS) is 17.9. The molecule has 470 valence electrons. The van der Waals surface area contributed by atoms with Gasteiger partial charge in [0.25, 0.3) is 0 Å². The topological polar surface area (TPSA) is 155 Å². The van der Waals surface area contributed by atoms with Crippen LogP contribution in [0.25, 0.3) is 0 Å². The number of allylic oxidation sites excluding steroid dienone is 8. The van der Waals surface area contributed by atoms with Crippen LogP contribution in [0, 0.1) is 23.7 Å². The van der Waals surface area contributed by atoms with Crippen LogP contribution in [0.1, 0.15) is 65.5 Å². The molecule has 24 heteroatoms. The van der Waals surface area contributed by atoms with Crippen molar-refractivity contribution in [2.75, 3.05) is 0 Å². The molecule has 0 spiro atoms. The number of nitrogens with zero attached hydrogens (tertiary/aromatic N) is 2. The van der Waals surface area contributed by atoms with Gasteiger partial charge in [0.05, 0.1) is 22.6 Å². The molecule has 4 bridgehead atoms. The van der Waals surface area contributed by atoms with Gasteiger partial charge in [0.1, 0.15) is 43.2 Å². The van der Waals surface area contributed by atoms with Gasteiger partial charge in [-0.25, -0.2) is 25.3 Å². The van der Waals surface area contributed by atoms with Crippen molar-refractivity contribution in [2.24, 2.45) is 23.7 Å². The summed E-state index contributed by atoms with van der Waals surface area (Å²) in [6, 6.07) is 62.7. The Bertz CT molecular complexity index is 3030. The molecule has 0 unspecified atom stereocenters. The molecule has 6 aromatic carbocycles. The minimum Gasteiger partial charge on any atom is -0.741 e. The smallest absolute Gasteiger partial charge is 0.485 e. The number of benzene rings is 6. The van der Waals surface area contributed by atoms with Crippen LogP contribution >= 0.6 is 16.1 Å². The molecule has 0 heterocycles. The van der Waals surface area contributed by atoms with Crippen LogP contribution in [0.3, 0.4) is 0 Å². The van der Waals surface area contributed by atoms with Crippen LogP contribution in [0.15, 0.2) is 231 Å². The molecule has 6 aromatic rings. The Morgan fingerprint density at radius 3 is 0.709 bits per heavy atom. The van der Waals surface area contributed by atoms with Gasteiger partial charge in [-0.3, -0.25) is 0 Å². The molecule has 0 N–H and O–H groups in total. The van der Waals surface area contributed by atoms with E-state index in [1.165, 1.54) is 45.2 Å². The summed E-state index contributed by atoms with van der Waals surface area (Å²) in [5.74, 6) is 3.24. The van der Waals surface area contributed by atoms with Gasteiger partial charge in [-0.15, -0.1) is 0 Å². The first-order chi connectivity index (χ1) is 39.3. The van der Waals surface area contributed by atoms with Crippen LogP contribution in [-0.2, 0) is 94.3 Å². The summed E-state index contributed by atoms with van der Waals surface area (Å²) in [6.07, 6.45) is 21.1. The van der Waals surface area contributed by atoms with Crippen LogP contribution in [0.2, 0.25) is 0 Å². The zero-order valence-corrected chi connectivity index (χ0v) is 56.3. The Morgan fingerprint density at radius 1 is 0.395 bits per heavy atom. The fourth-order valence-corrected chi connectivity index (χ4v) is 19.2. The second kappa shape index (κ2) is 34.8. The van der Waals surface area contributed by atoms with Gasteiger partial charge in [-0.1, -0.05) is 190 Å². The second-order valence-corrected chi connectivity index (χ2v) is 33.9. The van der Waals surface area contributed by atoms with Crippen molar-refractivity contribution in [1.29, 1.82) is 0 Å². The van der Waals surface area contributed by atoms with Crippen LogP contribution in [-0.4, -0.2) is 63.0 Å². The molecule has 86 heavy (non-hydrogen) atoms. The van der Waals surface area contributed by atoms with Gasteiger partial charge in [0.15, 0.2) is 36.4 Å². The van der Waals surface area contributed by atoms with E-state index in [1.54, 1.807) is 0 Å². The summed E-state index contributed by atoms with van der Waals surface area (Å²) in [6.45, 7) is 13.7. The molecule has 0 aromatic heterocycles. The Morgan fingerprint density at radius 2 is 0.570 bits per heavy atom. The van der Waals surface area contributed by atoms with Crippen molar-refractivity contribution in [3.63, 3.8) is 0 Å². The summed E-state index contributed by atoms with van der Waals surface area (Å²) in [5, 5.41) is 5.01. The molecular weight excluding hydrogens is 1410 g/mol. The largest absolute Gasteiger partial charge is 0.741 e. The minimum atomic E-state index is -6.09. The standard InChI is InChI=1S/2C23H26NOPS.2C7H8.2CHF3O3S.2Rh/c2*1-23(2,3)27(25)24(19-20-13-7-4-8-14-20)26(21-15-9-5-10-16-21)22-17-11-6-12-18-22;2*1-2-7-4-3-6(1)5-7;2*2-1(3,4)8(5,6)7;;/h2*4-18H,19H2,1-3H3;2*1-4,6-7H,5H2;2*(H,5,6,7);;/t2*27-;;;;;;/m11....../s1. The first-order valence-electron chi connectivity index (χ1n) is 26.5. The maximum Gasteiger partial charge on any atom is 0.485 e. The fraction of sp³-hybridized carbons (Fsp3) is 0.290. The monoisotopic (exact) mass is 1480 g/mol. The molecule has 10 nitrogen and oxygen atoms in total. The van der Waals surface area contributed by atoms with Crippen molar-refractivity contribution < 1.29 is 99.7 Å². The van der Waals surface area contributed by atoms with Gasteiger partial charge in [0, 0.05) is 39.0 Å². The van der Waals surface area contributed by atoms with Crippen LogP contribution < -0.4 is 21.2 Å². The van der Waals surface area contributed by atoms with Crippen molar-refractivity contribution in [3.05, 3.63) is 242 Å². The third-order valence-electron chi connectivity index (χ3n) is 12.6. The number of rotatable bonds is 12. The van der Waals surface area contributed by atoms with Gasteiger partial charge < -0.3 is 9.11 Å². The van der Waals surface area contributed by atoms with E-state index < -0.39 is 69.4 Å². The van der Waals surface area contributed by atoms with E-state index in [2.05, 4.69) is 220 Å². The van der Waals surface area contributed by atoms with E-state index in [0.29, 0.717) is 13.1 Å². The van der Waals surface area contributed by atoms with Crippen molar-refractivity contribution in [1.82, 2.24) is 8.15 Å². The van der Waals surface area contributed by atoms with Crippen molar-refractivity contribution >= 4 is 79.6 Å². The van der Waals surface area contributed by atoms with Crippen molar-refractivity contribution in [3.8, 4) is 0 Å². The number of hydrogen-bond acceptors (Lipinski definition) is 8. The molecule has 0 aliphatic heterocycles. The Balaban J connectivity index is 0.000000300. The number of fused-ring (bicyclic) bond motifs is 4. The fourth-order valence-electron chi connectivity index (χ4n) is 8.55. The molecular formula is C62H70F6N2O8P2Rh2S4. The third kappa shape index (κ3) is 24.8. The Hall–Kier alpha value is -3.99. The molecule has 4 aliphatic rings. The molecule has 2 atom stereocenters. The van der Waals surface area contributed by atoms with E-state index in [9.17, 15) is 34.8 Å². The van der Waals surface area contributed by atoms with Crippen LogP contribution in [0.5, 0.6) is 0 Å². The SMILES string of the molecule is C1=CC2C=CC1C2.C1=CC2C=CC1C2.CC(C)(C)[S@@](=O)N(Cc1ccccc1)[PH+](c1ccccc1)c1ccccc1.CC(C)(C)[S@@](=O)N(Cc1ccccc1)[PH+](c1ccccc1)c1ccccc1.O=S(=O)([O-])C(F)(F)F.O=S(=O)([O-])C(F)(F)F.[Rh].[Rh]. The predicted molar refractivity (Wildman–Crippen MR) is 332 cm³/mol. The molecule has 0 fully saturated rings. The molecule has 10 rings (SSSR count). The summed E-state index contributed by atoms with van der Waals surface area (Å²) in [5.41, 5.74) is -8.92. The van der Waals surface area contributed by atoms with Crippen molar-refractivity contribution in [2.45, 2.75) is 88.0 Å². The van der Waals surface area contributed by atoms with Gasteiger partial charge in [-0.2, -0.15) is 26.3 Å². The zero-order valence-electron chi connectivity index (χ0n) is 47.8. The first-order valence-corrected chi connectivity index (χ1v) is 34.5. The number of hydrogen-bond donors (Lipinski definition) is 0. The van der Waals surface area contributed by atoms with E-state index in [1.807, 2.05) is 60.7 Å². The van der Waals surface area contributed by atoms with Gasteiger partial charge >= 0.3 is 11.0 Å². The Kier molecular flexibility index (Phi) is 30.9. The average molecular weight is 1480 g/mol. The number of alkyl halides is 6.